The summed E-state index contributed by atoms with van der Waals surface area (Å²) in [6.07, 6.45) is -4.87. The lowest BCUT2D eigenvalue weighted by Gasteiger charge is -2.13. The Hall–Kier alpha value is -1.08. The molecule has 83 valence electrons. The van der Waals surface area contributed by atoms with Gasteiger partial charge < -0.3 is 0 Å². The molecule has 0 aliphatic heterocycles. The van der Waals surface area contributed by atoms with E-state index in [2.05, 4.69) is 6.92 Å². The number of hydrogen-bond acceptors (Lipinski definition) is 2. The fraction of sp³-hybridized carbons (Fsp3) is 0.125. The first kappa shape index (κ1) is 12.0. The van der Waals surface area contributed by atoms with E-state index in [9.17, 15) is 21.6 Å². The van der Waals surface area contributed by atoms with Crippen LogP contribution in [0.5, 0.6) is 0 Å². The van der Waals surface area contributed by atoms with Gasteiger partial charge in [-0.1, -0.05) is 12.1 Å². The molecule has 0 heterocycles. The Morgan fingerprint density at radius 2 is 1.80 bits per heavy atom. The van der Waals surface area contributed by atoms with Crippen LogP contribution in [0.3, 0.4) is 0 Å². The van der Waals surface area contributed by atoms with Crippen molar-refractivity contribution in [1.29, 1.82) is 0 Å². The molecule has 0 spiro atoms. The number of benzene rings is 1. The van der Waals surface area contributed by atoms with Crippen LogP contribution < -0.4 is 0 Å². The highest BCUT2D eigenvalue weighted by atomic mass is 32.2. The van der Waals surface area contributed by atoms with Gasteiger partial charge in [0.1, 0.15) is 4.90 Å². The molecule has 1 radical (unpaired) electrons. The zero-order valence-corrected chi connectivity index (χ0v) is 8.06. The van der Waals surface area contributed by atoms with Crippen LogP contribution >= 0.6 is 0 Å². The molecular weight excluding hydrogens is 233 g/mol. The minimum atomic E-state index is -4.90. The van der Waals surface area contributed by atoms with E-state index in [0.717, 1.165) is 12.1 Å². The van der Waals surface area contributed by atoms with Crippen molar-refractivity contribution in [2.45, 2.75) is 11.1 Å². The van der Waals surface area contributed by atoms with Crippen LogP contribution in [-0.4, -0.2) is 13.0 Å². The zero-order chi connectivity index (χ0) is 11.9. The van der Waals surface area contributed by atoms with Crippen LogP contribution in [0.25, 0.3) is 0 Å². The maximum Gasteiger partial charge on any atom is 0.418 e. The molecule has 1 aromatic carbocycles. The highest BCUT2D eigenvalue weighted by Gasteiger charge is 2.38. The third-order valence-corrected chi connectivity index (χ3v) is 2.57. The average Bonchev–Trinajstić information content (AvgIpc) is 1.99. The van der Waals surface area contributed by atoms with Crippen molar-refractivity contribution in [1.82, 2.24) is 0 Å². The van der Waals surface area contributed by atoms with Gasteiger partial charge in [-0.15, -0.1) is 0 Å². The van der Waals surface area contributed by atoms with Gasteiger partial charge in [-0.2, -0.15) is 21.6 Å². The topological polar surface area (TPSA) is 54.4 Å². The summed E-state index contributed by atoms with van der Waals surface area (Å²) < 4.78 is 67.2. The minimum absolute atomic E-state index is 0.502. The largest absolute Gasteiger partial charge is 0.418 e. The summed E-state index contributed by atoms with van der Waals surface area (Å²) in [6.45, 7) is 3.07. The van der Waals surface area contributed by atoms with Crippen LogP contribution in [0.2, 0.25) is 0 Å². The molecule has 15 heavy (non-hydrogen) atoms. The minimum Gasteiger partial charge on any atom is -0.282 e. The maximum absolute atomic E-state index is 12.4. The summed E-state index contributed by atoms with van der Waals surface area (Å²) in [5.41, 5.74) is -1.94. The smallest absolute Gasteiger partial charge is 0.282 e. The third kappa shape index (κ3) is 2.48. The van der Waals surface area contributed by atoms with Gasteiger partial charge in [0, 0.05) is 0 Å². The highest BCUT2D eigenvalue weighted by molar-refractivity contribution is 7.85. The molecule has 0 saturated heterocycles. The van der Waals surface area contributed by atoms with Gasteiger partial charge in [-0.25, -0.2) is 0 Å². The Labute approximate surface area is 84.3 Å². The molecule has 0 saturated carbocycles. The third-order valence-electron chi connectivity index (χ3n) is 1.67. The van der Waals surface area contributed by atoms with Crippen molar-refractivity contribution in [2.75, 3.05) is 0 Å². The summed E-state index contributed by atoms with van der Waals surface area (Å²) in [7, 11) is -4.90. The normalized spacial score (nSPS) is 12.9. The first-order valence-corrected chi connectivity index (χ1v) is 5.07. The molecule has 0 aromatic heterocycles. The molecule has 1 N–H and O–H groups in total. The second-order valence-electron chi connectivity index (χ2n) is 2.76. The van der Waals surface area contributed by atoms with Crippen molar-refractivity contribution >= 4 is 10.1 Å². The Kier molecular flexibility index (Phi) is 2.79. The Bertz CT molecular complexity index is 476. The predicted octanol–water partition coefficient (Wildman–Crippen LogP) is 2.13. The van der Waals surface area contributed by atoms with Gasteiger partial charge in [0.05, 0.1) is 5.56 Å². The standard InChI is InChI=1S/C8H6F3O3S/c1-5-3-2-4-6(15(12,13)14)7(5)8(9,10)11/h2-4H,1H2,(H,12,13,14). The van der Waals surface area contributed by atoms with Gasteiger partial charge in [0.15, 0.2) is 0 Å². The van der Waals surface area contributed by atoms with Crippen LogP contribution in [-0.2, 0) is 16.3 Å². The summed E-state index contributed by atoms with van der Waals surface area (Å²) in [5.74, 6) is 0. The van der Waals surface area contributed by atoms with E-state index in [0.29, 0.717) is 6.07 Å². The van der Waals surface area contributed by atoms with Crippen LogP contribution in [0.1, 0.15) is 11.1 Å². The first-order chi connectivity index (χ1) is 6.64. The molecule has 0 bridgehead atoms. The van der Waals surface area contributed by atoms with E-state index in [4.69, 9.17) is 4.55 Å². The van der Waals surface area contributed by atoms with E-state index in [-0.39, 0.29) is 0 Å². The van der Waals surface area contributed by atoms with Crippen molar-refractivity contribution < 1.29 is 26.1 Å². The number of halogens is 3. The fourth-order valence-electron chi connectivity index (χ4n) is 1.11. The second-order valence-corrected chi connectivity index (χ2v) is 4.15. The monoisotopic (exact) mass is 239 g/mol. The molecule has 0 amide bonds. The highest BCUT2D eigenvalue weighted by Crippen LogP contribution is 2.36. The Morgan fingerprint density at radius 1 is 1.27 bits per heavy atom. The van der Waals surface area contributed by atoms with E-state index >= 15 is 0 Å². The summed E-state index contributed by atoms with van der Waals surface area (Å²) >= 11 is 0. The lowest BCUT2D eigenvalue weighted by Crippen LogP contribution is -2.14. The van der Waals surface area contributed by atoms with Crippen LogP contribution in [0.15, 0.2) is 23.1 Å². The Morgan fingerprint density at radius 3 is 2.13 bits per heavy atom. The Balaban J connectivity index is 3.63. The van der Waals surface area contributed by atoms with Gasteiger partial charge in [0.2, 0.25) is 0 Å². The lowest BCUT2D eigenvalue weighted by atomic mass is 10.1. The van der Waals surface area contributed by atoms with E-state index in [1.165, 1.54) is 0 Å². The SMILES string of the molecule is [CH2]c1cccc(S(=O)(=O)O)c1C(F)(F)F. The number of alkyl halides is 3. The maximum atomic E-state index is 12.4. The molecule has 0 unspecified atom stereocenters. The van der Waals surface area contributed by atoms with Gasteiger partial charge in [0.25, 0.3) is 10.1 Å². The molecule has 3 nitrogen and oxygen atoms in total. The number of rotatable bonds is 1. The molecule has 0 aliphatic rings. The molecule has 1 rings (SSSR count). The molecule has 7 heteroatoms. The van der Waals surface area contributed by atoms with Crippen molar-refractivity contribution in [2.24, 2.45) is 0 Å². The van der Waals surface area contributed by atoms with Crippen LogP contribution in [0.4, 0.5) is 13.2 Å². The summed E-state index contributed by atoms with van der Waals surface area (Å²) in [5, 5.41) is 0. The molecule has 1 aromatic rings. The van der Waals surface area contributed by atoms with Crippen molar-refractivity contribution in [3.63, 3.8) is 0 Å². The quantitative estimate of drug-likeness (QED) is 0.764. The first-order valence-electron chi connectivity index (χ1n) is 3.63. The zero-order valence-electron chi connectivity index (χ0n) is 7.25. The van der Waals surface area contributed by atoms with Crippen LogP contribution in [0, 0.1) is 6.92 Å². The van der Waals surface area contributed by atoms with Crippen molar-refractivity contribution in [3.05, 3.63) is 36.2 Å². The average molecular weight is 239 g/mol. The molecule has 0 fully saturated rings. The van der Waals surface area contributed by atoms with E-state index in [1.807, 2.05) is 0 Å². The van der Waals surface area contributed by atoms with Crippen molar-refractivity contribution in [3.8, 4) is 0 Å². The molecule has 0 aliphatic carbocycles. The van der Waals surface area contributed by atoms with Gasteiger partial charge in [-0.3, -0.25) is 4.55 Å². The van der Waals surface area contributed by atoms with E-state index in [1.54, 1.807) is 0 Å². The van der Waals surface area contributed by atoms with Gasteiger partial charge >= 0.3 is 6.18 Å². The van der Waals surface area contributed by atoms with E-state index < -0.39 is 32.3 Å². The molecule has 0 atom stereocenters. The summed E-state index contributed by atoms with van der Waals surface area (Å²) in [6, 6.07) is 2.75. The lowest BCUT2D eigenvalue weighted by molar-refractivity contribution is -0.140. The predicted molar refractivity (Wildman–Crippen MR) is 45.7 cm³/mol. The second kappa shape index (κ2) is 3.49. The fourth-order valence-corrected chi connectivity index (χ4v) is 1.87. The molecular formula is C8H6F3O3S. The number of hydrogen-bond donors (Lipinski definition) is 1. The van der Waals surface area contributed by atoms with Gasteiger partial charge in [-0.05, 0) is 18.6 Å². The summed E-state index contributed by atoms with van der Waals surface area (Å²) in [4.78, 5) is -1.18.